The minimum Gasteiger partial charge on any atom is -0.462 e. The lowest BCUT2D eigenvalue weighted by Crippen LogP contribution is -2.30. The second-order valence-electron chi connectivity index (χ2n) is 33.9. The van der Waals surface area contributed by atoms with E-state index in [1.165, 1.54) is 283 Å². The van der Waals surface area contributed by atoms with E-state index in [1.54, 1.807) is 0 Å². The molecule has 0 aromatic carbocycles. The van der Waals surface area contributed by atoms with Crippen molar-refractivity contribution >= 4 is 39.5 Å². The van der Waals surface area contributed by atoms with Gasteiger partial charge >= 0.3 is 39.5 Å². The number of hydrogen-bond acceptors (Lipinski definition) is 15. The minimum absolute atomic E-state index is 0.106. The van der Waals surface area contributed by atoms with Crippen LogP contribution in [0.25, 0.3) is 0 Å². The van der Waals surface area contributed by atoms with E-state index in [-0.39, 0.29) is 25.7 Å². The fraction of sp³-hybridized carbons (Fsp3) is 0.956. The van der Waals surface area contributed by atoms with Crippen LogP contribution in [-0.2, 0) is 65.4 Å². The van der Waals surface area contributed by atoms with Gasteiger partial charge in [0.05, 0.1) is 26.4 Å². The number of unbranched alkanes of at least 4 members (excludes halogenated alkanes) is 51. The number of rotatable bonds is 88. The van der Waals surface area contributed by atoms with Crippen molar-refractivity contribution in [2.45, 2.75) is 497 Å². The van der Waals surface area contributed by atoms with Crippen LogP contribution in [0.2, 0.25) is 0 Å². The number of ether oxygens (including phenoxy) is 4. The van der Waals surface area contributed by atoms with E-state index < -0.39 is 97.5 Å². The lowest BCUT2D eigenvalue weighted by atomic mass is 9.99. The normalized spacial score (nSPS) is 14.6. The molecule has 8 atom stereocenters. The first-order valence-corrected chi connectivity index (χ1v) is 49.8. The topological polar surface area (TPSA) is 237 Å². The highest BCUT2D eigenvalue weighted by atomic mass is 31.2. The van der Waals surface area contributed by atoms with Crippen LogP contribution in [0.3, 0.4) is 0 Å². The van der Waals surface area contributed by atoms with Crippen LogP contribution in [0.1, 0.15) is 479 Å². The molecule has 0 fully saturated rings. The SMILES string of the molecule is CCC(C)CCCCCCCCCCCCCCCCCCCCC(=O)OC[C@H](COP(=O)(O)OC[C@@H](O)COP(=O)(O)OC[C@@H](COC(=O)CCCCCCCCCCC(C)CC)OC(=O)CCCCCCCCCCCCCC(C)C)OC(=O)CCCCCCCCCCCCCCCCCCCCC(C)CC. The Morgan fingerprint density at radius 2 is 0.436 bits per heavy atom. The molecule has 0 aliphatic carbocycles. The highest BCUT2D eigenvalue weighted by Crippen LogP contribution is 2.45. The molecule has 19 heteroatoms. The molecule has 0 bridgehead atoms. The van der Waals surface area contributed by atoms with Crippen molar-refractivity contribution < 1.29 is 80.2 Å². The average Bonchev–Trinajstić information content (AvgIpc) is 0.900. The van der Waals surface area contributed by atoms with Crippen molar-refractivity contribution in [3.8, 4) is 0 Å². The Balaban J connectivity index is 5.24. The number of phosphoric acid groups is 2. The summed E-state index contributed by atoms with van der Waals surface area (Å²) < 4.78 is 69.0. The van der Waals surface area contributed by atoms with E-state index in [2.05, 4.69) is 55.4 Å². The number of aliphatic hydroxyl groups excluding tert-OH is 1. The third-order valence-corrected chi connectivity index (χ3v) is 24.3. The maximum Gasteiger partial charge on any atom is 0.472 e. The summed E-state index contributed by atoms with van der Waals surface area (Å²) in [5.74, 6) is 1.18. The Bertz CT molecular complexity index is 2130. The minimum atomic E-state index is -4.97. The fourth-order valence-corrected chi connectivity index (χ4v) is 15.7. The number of phosphoric ester groups is 2. The summed E-state index contributed by atoms with van der Waals surface area (Å²) in [7, 11) is -9.94. The quantitative estimate of drug-likeness (QED) is 0.0222. The maximum atomic E-state index is 13.2. The molecule has 0 aromatic rings. The van der Waals surface area contributed by atoms with Crippen molar-refractivity contribution in [1.29, 1.82) is 0 Å². The Hall–Kier alpha value is -1.94. The predicted molar refractivity (Wildman–Crippen MR) is 455 cm³/mol. The van der Waals surface area contributed by atoms with Gasteiger partial charge in [0, 0.05) is 25.7 Å². The predicted octanol–water partition coefficient (Wildman–Crippen LogP) is 27.9. The van der Waals surface area contributed by atoms with Gasteiger partial charge in [0.25, 0.3) is 0 Å². The summed E-state index contributed by atoms with van der Waals surface area (Å²) in [5, 5.41) is 10.7. The molecule has 654 valence electrons. The van der Waals surface area contributed by atoms with Gasteiger partial charge in [-0.25, -0.2) is 9.13 Å². The molecule has 0 aliphatic rings. The standard InChI is InChI=1S/C91H178O17P2/c1-9-82(6)68-60-52-44-36-30-24-20-16-12-14-18-22-26-32-38-47-55-63-71-88(93)101-77-86(107-90(95)73-65-57-49-39-33-27-23-19-15-13-17-21-25-31-37-45-53-61-69-83(7)10-2)79-105-109(97,98)103-75-85(92)76-104-110(99,100)106-80-87(78-102-89(94)72-64-56-48-42-41-46-54-62-70-84(8)11-3)108-91(96)74-66-58-50-40-34-28-29-35-43-51-59-67-81(4)5/h81-87,92H,9-80H2,1-8H3,(H,97,98)(H,99,100)/t82?,83?,84?,85-,86-,87-/m1/s1. The molecule has 0 aromatic heterocycles. The van der Waals surface area contributed by atoms with Gasteiger partial charge in [-0.1, -0.05) is 428 Å². The number of aliphatic hydroxyl groups is 1. The van der Waals surface area contributed by atoms with Crippen molar-refractivity contribution in [3.05, 3.63) is 0 Å². The smallest absolute Gasteiger partial charge is 0.462 e. The van der Waals surface area contributed by atoms with Gasteiger partial charge in [-0.3, -0.25) is 37.3 Å². The molecular weight excluding hydrogens is 1430 g/mol. The third-order valence-electron chi connectivity index (χ3n) is 22.4. The Kier molecular flexibility index (Phi) is 78.1. The summed E-state index contributed by atoms with van der Waals surface area (Å²) in [5.41, 5.74) is 0. The highest BCUT2D eigenvalue weighted by Gasteiger charge is 2.31. The van der Waals surface area contributed by atoms with Crippen LogP contribution >= 0.6 is 15.6 Å². The van der Waals surface area contributed by atoms with Gasteiger partial charge in [0.15, 0.2) is 12.2 Å². The Morgan fingerprint density at radius 3 is 0.645 bits per heavy atom. The van der Waals surface area contributed by atoms with Crippen molar-refractivity contribution in [2.24, 2.45) is 23.7 Å². The molecule has 17 nitrogen and oxygen atoms in total. The molecular formula is C91H178O17P2. The van der Waals surface area contributed by atoms with Crippen LogP contribution in [0.5, 0.6) is 0 Å². The highest BCUT2D eigenvalue weighted by molar-refractivity contribution is 7.47. The largest absolute Gasteiger partial charge is 0.472 e. The summed E-state index contributed by atoms with van der Waals surface area (Å²) in [6, 6.07) is 0. The van der Waals surface area contributed by atoms with E-state index in [4.69, 9.17) is 37.0 Å². The van der Waals surface area contributed by atoms with Gasteiger partial charge in [0.2, 0.25) is 0 Å². The van der Waals surface area contributed by atoms with Crippen LogP contribution in [0, 0.1) is 23.7 Å². The van der Waals surface area contributed by atoms with E-state index in [0.717, 1.165) is 114 Å². The number of carbonyl (C=O) groups is 4. The fourth-order valence-electron chi connectivity index (χ4n) is 14.1. The molecule has 5 unspecified atom stereocenters. The number of esters is 4. The monoisotopic (exact) mass is 1610 g/mol. The zero-order chi connectivity index (χ0) is 80.9. The van der Waals surface area contributed by atoms with Crippen LogP contribution in [0.15, 0.2) is 0 Å². The van der Waals surface area contributed by atoms with Crippen LogP contribution < -0.4 is 0 Å². The second-order valence-corrected chi connectivity index (χ2v) is 36.8. The lowest BCUT2D eigenvalue weighted by Gasteiger charge is -2.21. The first-order chi connectivity index (χ1) is 53.2. The van der Waals surface area contributed by atoms with Gasteiger partial charge < -0.3 is 33.8 Å². The zero-order valence-corrected chi connectivity index (χ0v) is 74.7. The molecule has 3 N–H and O–H groups in total. The summed E-state index contributed by atoms with van der Waals surface area (Å²) >= 11 is 0. The molecule has 0 radical (unpaired) electrons. The molecule has 0 rings (SSSR count). The molecule has 110 heavy (non-hydrogen) atoms. The number of hydrogen-bond donors (Lipinski definition) is 3. The van der Waals surface area contributed by atoms with E-state index in [1.807, 2.05) is 0 Å². The Morgan fingerprint density at radius 1 is 0.255 bits per heavy atom. The third kappa shape index (κ3) is 79.9. The Labute approximate surface area is 677 Å². The van der Waals surface area contributed by atoms with Crippen molar-refractivity contribution in [2.75, 3.05) is 39.6 Å². The molecule has 0 spiro atoms. The second kappa shape index (κ2) is 79.5. The molecule has 0 saturated carbocycles. The van der Waals surface area contributed by atoms with Gasteiger partial charge in [-0.05, 0) is 49.4 Å². The molecule has 0 amide bonds. The van der Waals surface area contributed by atoms with Crippen LogP contribution in [-0.4, -0.2) is 96.7 Å². The van der Waals surface area contributed by atoms with Gasteiger partial charge in [0.1, 0.15) is 19.3 Å². The van der Waals surface area contributed by atoms with Crippen LogP contribution in [0.4, 0.5) is 0 Å². The molecule has 0 aliphatic heterocycles. The van der Waals surface area contributed by atoms with Crippen molar-refractivity contribution in [1.82, 2.24) is 0 Å². The van der Waals surface area contributed by atoms with E-state index in [0.29, 0.717) is 25.7 Å². The lowest BCUT2D eigenvalue weighted by molar-refractivity contribution is -0.161. The first kappa shape index (κ1) is 108. The summed E-state index contributed by atoms with van der Waals surface area (Å²) in [4.78, 5) is 73.4. The molecule has 0 heterocycles. The van der Waals surface area contributed by atoms with Gasteiger partial charge in [-0.2, -0.15) is 0 Å². The average molecular weight is 1610 g/mol. The summed E-state index contributed by atoms with van der Waals surface area (Å²) in [6.45, 7) is 14.4. The first-order valence-electron chi connectivity index (χ1n) is 46.8. The van der Waals surface area contributed by atoms with Gasteiger partial charge in [-0.15, -0.1) is 0 Å². The molecule has 0 saturated heterocycles. The van der Waals surface area contributed by atoms with E-state index in [9.17, 15) is 43.2 Å². The summed E-state index contributed by atoms with van der Waals surface area (Å²) in [6.07, 6.45) is 70.8. The number of carbonyl (C=O) groups excluding carboxylic acids is 4. The van der Waals surface area contributed by atoms with Crippen molar-refractivity contribution in [3.63, 3.8) is 0 Å². The van der Waals surface area contributed by atoms with E-state index >= 15 is 0 Å². The maximum absolute atomic E-state index is 13.2. The zero-order valence-electron chi connectivity index (χ0n) is 72.9.